The van der Waals surface area contributed by atoms with Crippen LogP contribution in [-0.2, 0) is 32.5 Å². The second-order valence-corrected chi connectivity index (χ2v) is 13.6. The second-order valence-electron chi connectivity index (χ2n) is 10.2. The SMILES string of the molecule is CCS(=O)(=O)c1nc(N2C3CCC2CN(C(=O)OC(C)(C)C)C3)c2c3c(c(Br)c(Cl)c2n1)COC3. The molecule has 2 unspecified atom stereocenters. The Balaban J connectivity index is 1.65. The second kappa shape index (κ2) is 8.71. The van der Waals surface area contributed by atoms with Gasteiger partial charge in [-0.25, -0.2) is 23.2 Å². The van der Waals surface area contributed by atoms with E-state index in [1.54, 1.807) is 11.8 Å². The van der Waals surface area contributed by atoms with E-state index in [1.165, 1.54) is 0 Å². The van der Waals surface area contributed by atoms with Crippen LogP contribution in [0, 0.1) is 0 Å². The molecule has 3 aliphatic rings. The van der Waals surface area contributed by atoms with Gasteiger partial charge in [-0.1, -0.05) is 18.5 Å². The quantitative estimate of drug-likeness (QED) is 0.485. The molecule has 5 rings (SSSR count). The highest BCUT2D eigenvalue weighted by atomic mass is 79.9. The van der Waals surface area contributed by atoms with Crippen LogP contribution >= 0.6 is 27.5 Å². The van der Waals surface area contributed by atoms with Gasteiger partial charge in [-0.15, -0.1) is 0 Å². The van der Waals surface area contributed by atoms with Crippen molar-refractivity contribution in [1.82, 2.24) is 14.9 Å². The Labute approximate surface area is 218 Å². The van der Waals surface area contributed by atoms with Gasteiger partial charge in [0.2, 0.25) is 15.0 Å². The summed E-state index contributed by atoms with van der Waals surface area (Å²) < 4.78 is 37.7. The highest BCUT2D eigenvalue weighted by molar-refractivity contribution is 9.10. The summed E-state index contributed by atoms with van der Waals surface area (Å²) in [6.45, 7) is 8.82. The number of aromatic nitrogens is 2. The topological polar surface area (TPSA) is 102 Å². The average molecular weight is 588 g/mol. The third-order valence-electron chi connectivity index (χ3n) is 6.73. The lowest BCUT2D eigenvalue weighted by Crippen LogP contribution is -2.56. The van der Waals surface area contributed by atoms with Crippen molar-refractivity contribution in [1.29, 1.82) is 0 Å². The summed E-state index contributed by atoms with van der Waals surface area (Å²) in [7, 11) is -3.69. The Bertz CT molecular complexity index is 1320. The molecule has 2 bridgehead atoms. The maximum atomic E-state index is 12.9. The van der Waals surface area contributed by atoms with Crippen LogP contribution in [-0.4, -0.2) is 65.9 Å². The predicted octanol–water partition coefficient (Wildman–Crippen LogP) is 4.46. The number of hydrogen-bond donors (Lipinski definition) is 0. The van der Waals surface area contributed by atoms with Gasteiger partial charge < -0.3 is 19.3 Å². The molecule has 0 N–H and O–H groups in total. The highest BCUT2D eigenvalue weighted by Gasteiger charge is 2.44. The first-order valence-electron chi connectivity index (χ1n) is 11.7. The molecule has 4 heterocycles. The number of amides is 1. The van der Waals surface area contributed by atoms with E-state index in [0.717, 1.165) is 29.4 Å². The number of fused-ring (bicyclic) bond motifs is 5. The lowest BCUT2D eigenvalue weighted by Gasteiger charge is -2.42. The standard InChI is InChI=1S/C23H28BrClN4O5S/c1-5-35(31,32)21-26-19-16(14-10-33-11-15(14)17(24)18(19)25)20(27-21)29-12-6-7-13(29)9-28(8-12)22(30)34-23(2,3)4/h12-13H,5-11H2,1-4H3. The van der Waals surface area contributed by atoms with E-state index >= 15 is 0 Å². The third kappa shape index (κ3) is 4.28. The lowest BCUT2D eigenvalue weighted by molar-refractivity contribution is 0.0209. The Morgan fingerprint density at radius 2 is 1.80 bits per heavy atom. The van der Waals surface area contributed by atoms with Crippen LogP contribution in [0.5, 0.6) is 0 Å². The average Bonchev–Trinajstić information content (AvgIpc) is 3.37. The molecule has 2 fully saturated rings. The van der Waals surface area contributed by atoms with Gasteiger partial charge in [0.1, 0.15) is 11.4 Å². The molecule has 35 heavy (non-hydrogen) atoms. The smallest absolute Gasteiger partial charge is 0.410 e. The predicted molar refractivity (Wildman–Crippen MR) is 136 cm³/mol. The third-order valence-corrected chi connectivity index (χ3v) is 9.70. The van der Waals surface area contributed by atoms with E-state index in [4.69, 9.17) is 21.1 Å². The molecule has 9 nitrogen and oxygen atoms in total. The first-order chi connectivity index (χ1) is 16.4. The van der Waals surface area contributed by atoms with Crippen LogP contribution in [0.3, 0.4) is 0 Å². The molecule has 0 saturated carbocycles. The van der Waals surface area contributed by atoms with E-state index < -0.39 is 15.4 Å². The van der Waals surface area contributed by atoms with E-state index in [1.807, 2.05) is 20.8 Å². The molecule has 0 aliphatic carbocycles. The summed E-state index contributed by atoms with van der Waals surface area (Å²) in [4.78, 5) is 25.8. The van der Waals surface area contributed by atoms with Crippen molar-refractivity contribution in [3.8, 4) is 0 Å². The summed E-state index contributed by atoms with van der Waals surface area (Å²) in [5.41, 5.74) is 1.66. The van der Waals surface area contributed by atoms with Gasteiger partial charge in [-0.2, -0.15) is 0 Å². The summed E-state index contributed by atoms with van der Waals surface area (Å²) in [6, 6.07) is -0.0612. The van der Waals surface area contributed by atoms with Crippen LogP contribution < -0.4 is 4.90 Å². The molecule has 2 aromatic rings. The molecule has 3 aliphatic heterocycles. The Kier molecular flexibility index (Phi) is 6.22. The zero-order chi connectivity index (χ0) is 25.3. The van der Waals surface area contributed by atoms with Gasteiger partial charge in [0.15, 0.2) is 0 Å². The van der Waals surface area contributed by atoms with Crippen molar-refractivity contribution in [2.24, 2.45) is 0 Å². The largest absolute Gasteiger partial charge is 0.444 e. The van der Waals surface area contributed by atoms with Crippen molar-refractivity contribution in [3.63, 3.8) is 0 Å². The Morgan fingerprint density at radius 3 is 2.40 bits per heavy atom. The fourth-order valence-corrected chi connectivity index (χ4v) is 6.64. The normalized spacial score (nSPS) is 22.1. The molecule has 12 heteroatoms. The molecule has 0 spiro atoms. The lowest BCUT2D eigenvalue weighted by atomic mass is 10.0. The zero-order valence-corrected chi connectivity index (χ0v) is 23.3. The number of rotatable bonds is 3. The van der Waals surface area contributed by atoms with Gasteiger partial charge in [0.25, 0.3) is 0 Å². The molecule has 1 aromatic carbocycles. The van der Waals surface area contributed by atoms with Gasteiger partial charge in [0, 0.05) is 29.6 Å². The summed E-state index contributed by atoms with van der Waals surface area (Å²) in [5.74, 6) is 0.430. The number of piperazine rings is 1. The minimum atomic E-state index is -3.69. The van der Waals surface area contributed by atoms with Crippen LogP contribution in [0.4, 0.5) is 10.6 Å². The maximum absolute atomic E-state index is 12.9. The molecule has 190 valence electrons. The molecule has 1 amide bonds. The molecule has 0 radical (unpaired) electrons. The van der Waals surface area contributed by atoms with Crippen molar-refractivity contribution >= 4 is 60.2 Å². The zero-order valence-electron chi connectivity index (χ0n) is 20.1. The van der Waals surface area contributed by atoms with Crippen LogP contribution in [0.2, 0.25) is 5.02 Å². The van der Waals surface area contributed by atoms with Crippen LogP contribution in [0.1, 0.15) is 51.7 Å². The number of sulfone groups is 1. The number of nitrogens with zero attached hydrogens (tertiary/aromatic N) is 4. The van der Waals surface area contributed by atoms with Gasteiger partial charge in [-0.3, -0.25) is 0 Å². The monoisotopic (exact) mass is 586 g/mol. The summed E-state index contributed by atoms with van der Waals surface area (Å²) in [5, 5.41) is 0.840. The molecular weight excluding hydrogens is 560 g/mol. The summed E-state index contributed by atoms with van der Waals surface area (Å²) in [6.07, 6.45) is 1.37. The fraction of sp³-hybridized carbons (Fsp3) is 0.609. The number of anilines is 1. The molecular formula is C23H28BrClN4O5S. The van der Waals surface area contributed by atoms with Gasteiger partial charge in [-0.05, 0) is 60.7 Å². The number of ether oxygens (including phenoxy) is 2. The van der Waals surface area contributed by atoms with E-state index in [-0.39, 0.29) is 29.1 Å². The van der Waals surface area contributed by atoms with Gasteiger partial charge in [0.05, 0.1) is 34.9 Å². The van der Waals surface area contributed by atoms with Crippen molar-refractivity contribution in [2.45, 2.75) is 76.6 Å². The first kappa shape index (κ1) is 25.0. The Morgan fingerprint density at radius 1 is 1.17 bits per heavy atom. The van der Waals surface area contributed by atoms with Gasteiger partial charge >= 0.3 is 6.09 Å². The van der Waals surface area contributed by atoms with Crippen LogP contribution in [0.15, 0.2) is 9.63 Å². The molecule has 2 atom stereocenters. The van der Waals surface area contributed by atoms with E-state index in [0.29, 0.717) is 47.1 Å². The van der Waals surface area contributed by atoms with E-state index in [2.05, 4.69) is 30.8 Å². The molecule has 1 aromatic heterocycles. The van der Waals surface area contributed by atoms with Crippen molar-refractivity contribution < 1.29 is 22.7 Å². The highest BCUT2D eigenvalue weighted by Crippen LogP contribution is 2.46. The van der Waals surface area contributed by atoms with Crippen LogP contribution in [0.25, 0.3) is 10.9 Å². The minimum absolute atomic E-state index is 0.0306. The fourth-order valence-electron chi connectivity index (χ4n) is 5.13. The number of likely N-dealkylation sites (tertiary alicyclic amines) is 1. The number of carbonyl (C=O) groups excluding carboxylic acids is 1. The number of halogens is 2. The number of carbonyl (C=O) groups is 1. The Hall–Kier alpha value is -1.69. The molecule has 2 saturated heterocycles. The summed E-state index contributed by atoms with van der Waals surface area (Å²) >= 11 is 10.3. The first-order valence-corrected chi connectivity index (χ1v) is 14.5. The van der Waals surface area contributed by atoms with Crippen molar-refractivity contribution in [2.75, 3.05) is 23.7 Å². The van der Waals surface area contributed by atoms with E-state index in [9.17, 15) is 13.2 Å². The maximum Gasteiger partial charge on any atom is 0.410 e. The minimum Gasteiger partial charge on any atom is -0.444 e. The number of hydrogen-bond acceptors (Lipinski definition) is 8. The van der Waals surface area contributed by atoms with Crippen molar-refractivity contribution in [3.05, 3.63) is 20.6 Å². The number of benzene rings is 1.